The standard InChI is InChI=1S/C46H54N12O15/c47-21-31(53)42(64)56(38(60)14-10-28-6-2-18-71-28)34(24-50)44(66)55(37(59)13-9-27-5-1-17-70-27)33(23-49)41(63)54-32(22-48)43(65)57(39(61)15-11-29-7-3-19-72-29)35(25-51)45(67)58(36(26-52)46(68)69)40(62)16-12-30-8-4-20-73-30/h1-20,31-36H,21-26,47-53H2,(H,54,63)(H,68,69)/t31-,32-,33-,34-,35-,36-/m0/s1. The monoisotopic (exact) mass is 1010 g/mol. The Hall–Kier alpha value is -8.70. The first-order chi connectivity index (χ1) is 35.0. The summed E-state index contributed by atoms with van der Waals surface area (Å²) in [6.07, 6.45) is 12.6. The Bertz CT molecular complexity index is 2660. The molecule has 4 heterocycles. The van der Waals surface area contributed by atoms with E-state index < -0.39 is 135 Å². The lowest BCUT2D eigenvalue weighted by Crippen LogP contribution is -2.66. The molecule has 9 amide bonds. The molecule has 0 aromatic carbocycles. The summed E-state index contributed by atoms with van der Waals surface area (Å²) in [5.74, 6) is -13.7. The van der Waals surface area contributed by atoms with Crippen molar-refractivity contribution in [2.75, 3.05) is 39.3 Å². The average Bonchev–Trinajstić information content (AvgIpc) is 4.26. The van der Waals surface area contributed by atoms with Crippen LogP contribution in [0.2, 0.25) is 0 Å². The van der Waals surface area contributed by atoms with Gasteiger partial charge >= 0.3 is 5.97 Å². The van der Waals surface area contributed by atoms with Crippen molar-refractivity contribution in [1.82, 2.24) is 24.9 Å². The third-order valence-electron chi connectivity index (χ3n) is 10.4. The summed E-state index contributed by atoms with van der Waals surface area (Å²) in [7, 11) is 0. The molecule has 4 aromatic rings. The van der Waals surface area contributed by atoms with Gasteiger partial charge in [-0.15, -0.1) is 0 Å². The number of aliphatic carboxylic acids is 1. The molecule has 27 nitrogen and oxygen atoms in total. The quantitative estimate of drug-likeness (QED) is 0.0295. The number of carbonyl (C=O) groups excluding carboxylic acids is 9. The van der Waals surface area contributed by atoms with E-state index in [1.54, 1.807) is 0 Å². The largest absolute Gasteiger partial charge is 0.480 e. The molecule has 0 aliphatic rings. The smallest absolute Gasteiger partial charge is 0.328 e. The van der Waals surface area contributed by atoms with Gasteiger partial charge in [-0.3, -0.25) is 62.8 Å². The molecule has 4 rings (SSSR count). The fourth-order valence-electron chi connectivity index (χ4n) is 6.68. The van der Waals surface area contributed by atoms with Gasteiger partial charge in [0.05, 0.1) is 31.1 Å². The molecular formula is C46H54N12O15. The van der Waals surface area contributed by atoms with Crippen molar-refractivity contribution in [3.63, 3.8) is 0 Å². The molecule has 27 heteroatoms. The zero-order valence-corrected chi connectivity index (χ0v) is 38.7. The summed E-state index contributed by atoms with van der Waals surface area (Å²) in [4.78, 5) is 141. The van der Waals surface area contributed by atoms with Crippen LogP contribution in [0.3, 0.4) is 0 Å². The number of furan rings is 4. The van der Waals surface area contributed by atoms with Crippen molar-refractivity contribution in [3.8, 4) is 0 Å². The second-order valence-corrected chi connectivity index (χ2v) is 15.1. The zero-order chi connectivity index (χ0) is 53.8. The van der Waals surface area contributed by atoms with Crippen LogP contribution in [-0.2, 0) is 47.9 Å². The summed E-state index contributed by atoms with van der Waals surface area (Å²) >= 11 is 0. The fraction of sp³-hybridized carbons (Fsp3) is 0.261. The van der Waals surface area contributed by atoms with Crippen LogP contribution in [-0.4, -0.2) is 159 Å². The number of rotatable bonds is 25. The van der Waals surface area contributed by atoms with Crippen molar-refractivity contribution in [2.45, 2.75) is 36.3 Å². The number of carbonyl (C=O) groups is 10. The van der Waals surface area contributed by atoms with Gasteiger partial charge in [0.25, 0.3) is 41.4 Å². The molecule has 388 valence electrons. The molecule has 0 saturated carbocycles. The third-order valence-corrected chi connectivity index (χ3v) is 10.4. The van der Waals surface area contributed by atoms with Crippen LogP contribution in [0.1, 0.15) is 23.0 Å². The molecule has 6 atom stereocenters. The van der Waals surface area contributed by atoms with Crippen LogP contribution in [0.15, 0.2) is 116 Å². The average molecular weight is 1020 g/mol. The first-order valence-corrected chi connectivity index (χ1v) is 21.8. The number of carboxylic acid groups (broad SMARTS) is 1. The summed E-state index contributed by atoms with van der Waals surface area (Å²) < 4.78 is 20.8. The van der Waals surface area contributed by atoms with Crippen molar-refractivity contribution in [3.05, 3.63) is 121 Å². The van der Waals surface area contributed by atoms with Crippen molar-refractivity contribution in [2.24, 2.45) is 40.1 Å². The van der Waals surface area contributed by atoms with E-state index >= 15 is 0 Å². The van der Waals surface area contributed by atoms with Gasteiger partial charge in [0, 0.05) is 63.6 Å². The Morgan fingerprint density at radius 1 is 0.452 bits per heavy atom. The minimum Gasteiger partial charge on any atom is -0.480 e. The maximum absolute atomic E-state index is 14.8. The second-order valence-electron chi connectivity index (χ2n) is 15.1. The zero-order valence-electron chi connectivity index (χ0n) is 38.7. The first-order valence-electron chi connectivity index (χ1n) is 21.8. The molecule has 0 aliphatic heterocycles. The van der Waals surface area contributed by atoms with Gasteiger partial charge in [0.15, 0.2) is 0 Å². The highest BCUT2D eigenvalue weighted by atomic mass is 16.4. The highest BCUT2D eigenvalue weighted by Gasteiger charge is 2.46. The summed E-state index contributed by atoms with van der Waals surface area (Å²) in [5, 5.41) is 12.3. The highest BCUT2D eigenvalue weighted by Crippen LogP contribution is 2.18. The third kappa shape index (κ3) is 14.7. The van der Waals surface area contributed by atoms with Gasteiger partial charge in [0.2, 0.25) is 11.8 Å². The SMILES string of the molecule is NC[C@H](NC(=O)[C@H](CN)N(C(=O)C=Cc1ccco1)C(=O)[C@H](CN)N(C(=O)C=Cc1ccco1)C(=O)[C@@H](N)CN)C(=O)N(C(=O)C=Cc1ccco1)[C@@H](CN)C(=O)N(C(=O)C=Cc1ccco1)[C@@H](CN)C(=O)O. The van der Waals surface area contributed by atoms with Gasteiger partial charge in [-0.2, -0.15) is 0 Å². The van der Waals surface area contributed by atoms with E-state index in [2.05, 4.69) is 5.32 Å². The lowest BCUT2D eigenvalue weighted by atomic mass is 10.1. The molecular weight excluding hydrogens is 961 g/mol. The van der Waals surface area contributed by atoms with E-state index in [0.717, 1.165) is 48.6 Å². The van der Waals surface area contributed by atoms with Crippen molar-refractivity contribution in [1.29, 1.82) is 0 Å². The van der Waals surface area contributed by atoms with Gasteiger partial charge in [-0.05, 0) is 72.8 Å². The summed E-state index contributed by atoms with van der Waals surface area (Å²) in [5.41, 5.74) is 41.5. The predicted molar refractivity (Wildman–Crippen MR) is 255 cm³/mol. The molecule has 73 heavy (non-hydrogen) atoms. The van der Waals surface area contributed by atoms with Gasteiger partial charge < -0.3 is 68.2 Å². The number of hydrogen-bond acceptors (Lipinski definition) is 21. The van der Waals surface area contributed by atoms with E-state index in [-0.39, 0.29) is 37.7 Å². The van der Waals surface area contributed by atoms with Crippen LogP contribution in [0.5, 0.6) is 0 Å². The Labute approximate surface area is 414 Å². The Balaban J connectivity index is 1.82. The molecule has 4 aromatic heterocycles. The minimum absolute atomic E-state index is 0.0617. The fourth-order valence-corrected chi connectivity index (χ4v) is 6.68. The van der Waals surface area contributed by atoms with Crippen molar-refractivity contribution < 1.29 is 70.7 Å². The summed E-state index contributed by atoms with van der Waals surface area (Å²) in [6, 6.07) is -0.732. The van der Waals surface area contributed by atoms with Crippen molar-refractivity contribution >= 4 is 83.4 Å². The normalized spacial score (nSPS) is 14.1. The van der Waals surface area contributed by atoms with Gasteiger partial charge in [-0.25, -0.2) is 4.79 Å². The molecule has 16 N–H and O–H groups in total. The highest BCUT2D eigenvalue weighted by molar-refractivity contribution is 6.14. The molecule has 0 spiro atoms. The molecule has 0 saturated heterocycles. The number of imide groups is 4. The minimum atomic E-state index is -2.24. The Morgan fingerprint density at radius 2 is 0.767 bits per heavy atom. The van der Waals surface area contributed by atoms with Crippen LogP contribution < -0.4 is 45.5 Å². The summed E-state index contributed by atoms with van der Waals surface area (Å²) in [6.45, 7) is -5.12. The number of nitrogens with zero attached hydrogens (tertiary/aromatic N) is 4. The van der Waals surface area contributed by atoms with E-state index in [9.17, 15) is 53.1 Å². The van der Waals surface area contributed by atoms with Crippen LogP contribution in [0.4, 0.5) is 0 Å². The molecule has 0 bridgehead atoms. The lowest BCUT2D eigenvalue weighted by Gasteiger charge is -2.36. The number of nitrogens with one attached hydrogen (secondary N) is 1. The van der Waals surface area contributed by atoms with Crippen LogP contribution in [0.25, 0.3) is 24.3 Å². The van der Waals surface area contributed by atoms with Gasteiger partial charge in [-0.1, -0.05) is 0 Å². The predicted octanol–water partition coefficient (Wildman–Crippen LogP) is -3.24. The maximum Gasteiger partial charge on any atom is 0.328 e. The van der Waals surface area contributed by atoms with E-state index in [1.807, 2.05) is 0 Å². The molecule has 0 fully saturated rings. The van der Waals surface area contributed by atoms with E-state index in [4.69, 9.17) is 57.8 Å². The van der Waals surface area contributed by atoms with Crippen LogP contribution >= 0.6 is 0 Å². The molecule has 0 radical (unpaired) electrons. The van der Waals surface area contributed by atoms with Crippen LogP contribution in [0, 0.1) is 0 Å². The molecule has 0 aliphatic carbocycles. The lowest BCUT2D eigenvalue weighted by molar-refractivity contribution is -0.162. The Morgan fingerprint density at radius 3 is 1.04 bits per heavy atom. The number of carboxylic acids is 1. The number of amides is 9. The van der Waals surface area contributed by atoms with E-state index in [0.29, 0.717) is 4.90 Å². The number of hydrogen-bond donors (Lipinski definition) is 9. The first kappa shape index (κ1) is 56.9. The second kappa shape index (κ2) is 27.6. The Kier molecular flexibility index (Phi) is 21.5. The van der Waals surface area contributed by atoms with E-state index in [1.165, 1.54) is 73.6 Å². The molecule has 0 unspecified atom stereocenters. The maximum atomic E-state index is 14.8. The van der Waals surface area contributed by atoms with Gasteiger partial charge in [0.1, 0.15) is 53.3 Å². The topological polar surface area (TPSA) is 451 Å². The number of nitrogens with two attached hydrogens (primary N) is 7.